The Morgan fingerprint density at radius 2 is 1.76 bits per heavy atom. The molecule has 0 heterocycles. The summed E-state index contributed by atoms with van der Waals surface area (Å²) in [5.74, 6) is 0.477. The van der Waals surface area contributed by atoms with Gasteiger partial charge in [-0.25, -0.2) is 9.36 Å². The molecule has 29 heavy (non-hydrogen) atoms. The Hall–Kier alpha value is -1.57. The van der Waals surface area contributed by atoms with Crippen molar-refractivity contribution in [1.29, 1.82) is 0 Å². The zero-order valence-corrected chi connectivity index (χ0v) is 19.0. The topological polar surface area (TPSA) is 83.1 Å². The molecule has 0 unspecified atom stereocenters. The van der Waals surface area contributed by atoms with E-state index in [4.69, 9.17) is 18.3 Å². The molecule has 0 aliphatic rings. The number of thioether (sulfide) groups is 1. The Bertz CT molecular complexity index is 861. The maximum Gasteiger partial charge on any atom is 0.474 e. The summed E-state index contributed by atoms with van der Waals surface area (Å²) >= 11 is 1.55. The lowest BCUT2D eigenvalue weighted by atomic mass is 10.1. The molecule has 2 aromatic carbocycles. The first-order valence-corrected chi connectivity index (χ1v) is 11.6. The number of ether oxygens (including phenoxy) is 1. The molecule has 0 saturated carbocycles. The van der Waals surface area contributed by atoms with Gasteiger partial charge in [-0.2, -0.15) is 0 Å². The van der Waals surface area contributed by atoms with E-state index in [0.29, 0.717) is 5.75 Å². The summed E-state index contributed by atoms with van der Waals surface area (Å²) in [5, 5.41) is 5.05. The number of phosphoric acid groups is 1. The van der Waals surface area contributed by atoms with Gasteiger partial charge in [0.15, 0.2) is 0 Å². The lowest BCUT2D eigenvalue weighted by Crippen LogP contribution is -2.42. The average molecular weight is 441 g/mol. The first kappa shape index (κ1) is 23.7. The first-order valence-electron chi connectivity index (χ1n) is 9.11. The van der Waals surface area contributed by atoms with Gasteiger partial charge >= 0.3 is 13.9 Å². The number of phosphoric ester groups is 1. The second-order valence-electron chi connectivity index (χ2n) is 7.27. The Labute approximate surface area is 176 Å². The summed E-state index contributed by atoms with van der Waals surface area (Å²) in [6.45, 7) is 5.29. The van der Waals surface area contributed by atoms with Crippen molar-refractivity contribution in [3.05, 3.63) is 42.5 Å². The molecule has 1 atom stereocenters. The van der Waals surface area contributed by atoms with Crippen LogP contribution < -0.4 is 5.32 Å². The number of carbonyl (C=O) groups excluding carboxylic acids is 1. The number of hydrogen-bond acceptors (Lipinski definition) is 7. The second-order valence-corrected chi connectivity index (χ2v) is 10.2. The monoisotopic (exact) mass is 441 g/mol. The normalized spacial score (nSPS) is 13.3. The van der Waals surface area contributed by atoms with Crippen LogP contribution in [0.3, 0.4) is 0 Å². The van der Waals surface area contributed by atoms with Crippen molar-refractivity contribution >= 4 is 36.5 Å². The third kappa shape index (κ3) is 7.99. The molecule has 160 valence electrons. The Balaban J connectivity index is 2.05. The van der Waals surface area contributed by atoms with E-state index < -0.39 is 25.6 Å². The minimum absolute atomic E-state index is 0.0568. The number of benzene rings is 2. The van der Waals surface area contributed by atoms with Crippen LogP contribution in [0.2, 0.25) is 0 Å². The van der Waals surface area contributed by atoms with E-state index in [2.05, 4.69) is 23.5 Å². The molecule has 2 aromatic rings. The number of fused-ring (bicyclic) bond motifs is 1. The highest BCUT2D eigenvalue weighted by atomic mass is 32.2. The SMILES string of the molecule is COP(=O)(OC)OC[C@@H](CSc1ccc2ccccc2c1)NC(=O)OC(C)(C)C. The van der Waals surface area contributed by atoms with Crippen LogP contribution in [0.1, 0.15) is 20.8 Å². The quantitative estimate of drug-likeness (QED) is 0.421. The Morgan fingerprint density at radius 1 is 1.10 bits per heavy atom. The van der Waals surface area contributed by atoms with E-state index in [9.17, 15) is 9.36 Å². The van der Waals surface area contributed by atoms with Crippen molar-refractivity contribution in [3.63, 3.8) is 0 Å². The molecular formula is C20H28NO6PS. The molecule has 7 nitrogen and oxygen atoms in total. The molecule has 0 fully saturated rings. The highest BCUT2D eigenvalue weighted by molar-refractivity contribution is 7.99. The fourth-order valence-corrected chi connectivity index (χ4v) is 4.09. The smallest absolute Gasteiger partial charge is 0.444 e. The van der Waals surface area contributed by atoms with Crippen molar-refractivity contribution in [2.45, 2.75) is 37.3 Å². The van der Waals surface area contributed by atoms with E-state index in [1.807, 2.05) is 24.3 Å². The third-order valence-electron chi connectivity index (χ3n) is 3.77. The minimum Gasteiger partial charge on any atom is -0.444 e. The Kier molecular flexibility index (Phi) is 8.55. The van der Waals surface area contributed by atoms with Crippen molar-refractivity contribution in [3.8, 4) is 0 Å². The largest absolute Gasteiger partial charge is 0.474 e. The maximum absolute atomic E-state index is 12.2. The van der Waals surface area contributed by atoms with Gasteiger partial charge in [0.05, 0.1) is 12.6 Å². The first-order chi connectivity index (χ1) is 13.6. The maximum atomic E-state index is 12.2. The third-order valence-corrected chi connectivity index (χ3v) is 6.29. The predicted octanol–water partition coefficient (Wildman–Crippen LogP) is 5.24. The van der Waals surface area contributed by atoms with Gasteiger partial charge in [0.25, 0.3) is 0 Å². The summed E-state index contributed by atoms with van der Waals surface area (Å²) in [6, 6.07) is 13.8. The molecule has 0 radical (unpaired) electrons. The summed E-state index contributed by atoms with van der Waals surface area (Å²) in [4.78, 5) is 13.2. The van der Waals surface area contributed by atoms with Gasteiger partial charge < -0.3 is 10.1 Å². The van der Waals surface area contributed by atoms with Crippen LogP contribution in [-0.2, 0) is 22.9 Å². The number of hydrogen-bond donors (Lipinski definition) is 1. The minimum atomic E-state index is -3.65. The van der Waals surface area contributed by atoms with Gasteiger partial charge in [0.1, 0.15) is 5.60 Å². The molecule has 1 amide bonds. The van der Waals surface area contributed by atoms with E-state index in [-0.39, 0.29) is 6.61 Å². The van der Waals surface area contributed by atoms with Crippen LogP contribution in [0, 0.1) is 0 Å². The number of carbonyl (C=O) groups is 1. The van der Waals surface area contributed by atoms with Gasteiger partial charge in [0.2, 0.25) is 0 Å². The standard InChI is InChI=1S/C20H28NO6PS/c1-20(2,3)27-19(22)21-17(13-26-28(23,24-4)25-5)14-29-18-11-10-15-8-6-7-9-16(15)12-18/h6-12,17H,13-14H2,1-5H3,(H,21,22)/t17-/m0/s1. The molecule has 9 heteroatoms. The van der Waals surface area contributed by atoms with E-state index in [1.165, 1.54) is 14.2 Å². The van der Waals surface area contributed by atoms with Gasteiger partial charge in [0, 0.05) is 24.9 Å². The van der Waals surface area contributed by atoms with Crippen molar-refractivity contribution < 1.29 is 27.7 Å². The van der Waals surface area contributed by atoms with Crippen LogP contribution >= 0.6 is 19.6 Å². The van der Waals surface area contributed by atoms with Gasteiger partial charge in [-0.3, -0.25) is 13.6 Å². The van der Waals surface area contributed by atoms with Crippen LogP contribution in [0.4, 0.5) is 4.79 Å². The predicted molar refractivity (Wildman–Crippen MR) is 115 cm³/mol. The summed E-state index contributed by atoms with van der Waals surface area (Å²) in [7, 11) is -1.17. The Morgan fingerprint density at radius 3 is 2.38 bits per heavy atom. The molecule has 0 aliphatic carbocycles. The zero-order valence-electron chi connectivity index (χ0n) is 17.3. The van der Waals surface area contributed by atoms with E-state index in [0.717, 1.165) is 15.7 Å². The lowest BCUT2D eigenvalue weighted by Gasteiger charge is -2.24. The number of amides is 1. The van der Waals surface area contributed by atoms with Crippen molar-refractivity contribution in [2.24, 2.45) is 0 Å². The van der Waals surface area contributed by atoms with Crippen LogP contribution in [-0.4, -0.2) is 44.3 Å². The molecule has 0 bridgehead atoms. The van der Waals surface area contributed by atoms with Gasteiger partial charge in [-0.1, -0.05) is 30.3 Å². The molecule has 0 aromatic heterocycles. The lowest BCUT2D eigenvalue weighted by molar-refractivity contribution is 0.0483. The highest BCUT2D eigenvalue weighted by Crippen LogP contribution is 2.47. The highest BCUT2D eigenvalue weighted by Gasteiger charge is 2.26. The molecule has 2 rings (SSSR count). The molecule has 0 aliphatic heterocycles. The second kappa shape index (κ2) is 10.5. The van der Waals surface area contributed by atoms with E-state index in [1.54, 1.807) is 32.5 Å². The number of alkyl carbamates (subject to hydrolysis) is 1. The average Bonchev–Trinajstić information content (AvgIpc) is 2.68. The molecule has 0 saturated heterocycles. The van der Waals surface area contributed by atoms with Crippen LogP contribution in [0.5, 0.6) is 0 Å². The van der Waals surface area contributed by atoms with E-state index >= 15 is 0 Å². The zero-order chi connectivity index (χ0) is 21.5. The summed E-state index contributed by atoms with van der Waals surface area (Å²) in [6.07, 6.45) is -0.574. The van der Waals surface area contributed by atoms with Crippen molar-refractivity contribution in [1.82, 2.24) is 5.32 Å². The summed E-state index contributed by atoms with van der Waals surface area (Å²) in [5.41, 5.74) is -0.630. The van der Waals surface area contributed by atoms with Gasteiger partial charge in [-0.15, -0.1) is 11.8 Å². The number of nitrogens with one attached hydrogen (secondary N) is 1. The molecular weight excluding hydrogens is 413 g/mol. The summed E-state index contributed by atoms with van der Waals surface area (Å²) < 4.78 is 32.4. The van der Waals surface area contributed by atoms with Crippen molar-refractivity contribution in [2.75, 3.05) is 26.6 Å². The van der Waals surface area contributed by atoms with Gasteiger partial charge in [-0.05, 0) is 43.7 Å². The fourth-order valence-electron chi connectivity index (χ4n) is 2.42. The molecule has 1 N–H and O–H groups in total. The fraction of sp³-hybridized carbons (Fsp3) is 0.450. The number of rotatable bonds is 9. The molecule has 0 spiro atoms. The van der Waals surface area contributed by atoms with Crippen LogP contribution in [0.15, 0.2) is 47.4 Å². The van der Waals surface area contributed by atoms with Crippen LogP contribution in [0.25, 0.3) is 10.8 Å².